The predicted octanol–water partition coefficient (Wildman–Crippen LogP) is 18.7. The first kappa shape index (κ1) is 106. The zero-order valence-corrected chi connectivity index (χ0v) is 79.4. The van der Waals surface area contributed by atoms with Crippen molar-refractivity contribution in [3.63, 3.8) is 0 Å². The molecule has 122 heavy (non-hydrogen) atoms. The molecule has 15 N–H and O–H groups in total. The Morgan fingerprint density at radius 2 is 0.549 bits per heavy atom. The van der Waals surface area contributed by atoms with Gasteiger partial charge in [-0.3, -0.25) is 46.6 Å². The van der Waals surface area contributed by atoms with E-state index < -0.39 is 101 Å². The summed E-state index contributed by atoms with van der Waals surface area (Å²) in [4.78, 5) is 151. The smallest absolute Gasteiger partial charge is 0.319 e. The standard InChI is InChI=1S/C13H13BrCl2N3O5P.C13H13Cl3N3O5P.C12H11BrCl2N3O5P.2C12H11Cl3N3O5P/c1-6-3-4-9(8(15)5-6)17-13(20)11-10(14)12(16)18-19(11)7(2)24-25(21,22)23;1-6-3-4-9(8(14)5-6)17-13(20)11-10(15)12(16)18-19(11)7(2)24-25(21,22)23;1-6-2-3-8(7(14)4-6)16-12(19)10-9(13)11(15)17-18(10)5-23-24(20,21)22;2*1-6-2-3-8(7(13)4-6)16-12(19)10-9(14)11(15)17-18(10)5-23-24(20,21)22/h2*3-5,7H,1-2H3,(H,17,20)(H2,21,22,23);3*2-4H,5H2,1H3,(H,16,19)(H2,20,21,22). The first-order valence-electron chi connectivity index (χ1n) is 32.3. The van der Waals surface area contributed by atoms with Crippen molar-refractivity contribution in [2.45, 2.75) is 81.1 Å². The normalized spacial score (nSPS) is 12.1. The van der Waals surface area contributed by atoms with E-state index in [2.05, 4.69) is 107 Å². The molecule has 5 aromatic carbocycles. The lowest BCUT2D eigenvalue weighted by Crippen LogP contribution is -2.21. The molecular weight excluding hydrogens is 2130 g/mol. The molecule has 0 aliphatic rings. The highest BCUT2D eigenvalue weighted by Gasteiger charge is 2.33. The number of amides is 5. The molecule has 5 heterocycles. The van der Waals surface area contributed by atoms with Gasteiger partial charge < -0.3 is 75.5 Å². The van der Waals surface area contributed by atoms with E-state index >= 15 is 0 Å². The van der Waals surface area contributed by atoms with Gasteiger partial charge in [0.1, 0.15) is 43.5 Å². The highest BCUT2D eigenvalue weighted by molar-refractivity contribution is 9.11. The number of hydrogen-bond acceptors (Lipinski definition) is 20. The van der Waals surface area contributed by atoms with Gasteiger partial charge in [0, 0.05) is 0 Å². The summed E-state index contributed by atoms with van der Waals surface area (Å²) in [5.74, 6) is -3.45. The Morgan fingerprint density at radius 3 is 0.828 bits per heavy atom. The summed E-state index contributed by atoms with van der Waals surface area (Å²) in [6.45, 7) is 9.68. The van der Waals surface area contributed by atoms with E-state index in [0.717, 1.165) is 51.2 Å². The Kier molecular flexibility index (Phi) is 39.1. The van der Waals surface area contributed by atoms with E-state index in [1.165, 1.54) is 13.8 Å². The van der Waals surface area contributed by atoms with Crippen molar-refractivity contribution in [1.82, 2.24) is 48.9 Å². The van der Waals surface area contributed by atoms with Crippen LogP contribution in [-0.4, -0.2) is 127 Å². The van der Waals surface area contributed by atoms with Crippen LogP contribution >= 0.6 is 222 Å². The summed E-state index contributed by atoms with van der Waals surface area (Å²) < 4.78 is 81.2. The lowest BCUT2D eigenvalue weighted by molar-refractivity contribution is 0.0801. The summed E-state index contributed by atoms with van der Waals surface area (Å²) >= 11 is 83.5. The largest absolute Gasteiger partial charge is 0.471 e. The van der Waals surface area contributed by atoms with Crippen LogP contribution in [-0.2, 0) is 65.6 Å². The Labute approximate surface area is 770 Å². The maximum atomic E-state index is 12.6. The first-order chi connectivity index (χ1) is 56.2. The molecule has 0 spiro atoms. The molecule has 0 fully saturated rings. The topological polar surface area (TPSA) is 568 Å². The van der Waals surface area contributed by atoms with Crippen LogP contribution in [0.25, 0.3) is 0 Å². The molecule has 0 aliphatic carbocycles. The second-order valence-electron chi connectivity index (χ2n) is 24.0. The number of anilines is 5. The predicted molar refractivity (Wildman–Crippen MR) is 462 cm³/mol. The monoisotopic (exact) mass is 2180 g/mol. The SMILES string of the molecule is Cc1ccc(NC(=O)c2c(Br)c(Cl)nn2C(C)OP(=O)(O)O)c(Cl)c1.Cc1ccc(NC(=O)c2c(Br)c(Cl)nn2COP(=O)(O)O)c(Cl)c1.Cc1ccc(NC(=O)c2c(Cl)c(Cl)nn2C(C)OP(=O)(O)O)c(Cl)c1.Cc1ccc(NC(=O)c2c(Cl)c(Cl)nn2COP(=O)(O)O)c(Cl)c1.Cc1ccc(NC(=O)c2c(Cl)c(Cl)nn2COP(=O)(O)O)c(Cl)c1. The molecule has 10 aromatic rings. The Morgan fingerprint density at radius 1 is 0.336 bits per heavy atom. The summed E-state index contributed by atoms with van der Waals surface area (Å²) in [5.41, 5.74) is 5.37. The number of carbonyl (C=O) groups is 5. The fourth-order valence-electron chi connectivity index (χ4n) is 9.26. The second kappa shape index (κ2) is 45.2. The van der Waals surface area contributed by atoms with Crippen molar-refractivity contribution < 1.29 is 118 Å². The molecule has 0 saturated heterocycles. The van der Waals surface area contributed by atoms with Crippen LogP contribution in [0.1, 0.15) is 107 Å². The van der Waals surface area contributed by atoms with Gasteiger partial charge in [-0.1, -0.05) is 181 Å². The highest BCUT2D eigenvalue weighted by Crippen LogP contribution is 2.45. The van der Waals surface area contributed by atoms with Crippen LogP contribution in [0.3, 0.4) is 0 Å². The van der Waals surface area contributed by atoms with Crippen LogP contribution in [0.5, 0.6) is 0 Å². The minimum atomic E-state index is -4.82. The quantitative estimate of drug-likeness (QED) is 0.0236. The van der Waals surface area contributed by atoms with Crippen molar-refractivity contribution in [1.29, 1.82) is 0 Å². The molecular formula is C62H59Br2Cl13N15O25P5. The molecule has 10 rings (SSSR count). The summed E-state index contributed by atoms with van der Waals surface area (Å²) in [6, 6.07) is 25.1. The van der Waals surface area contributed by atoms with Crippen LogP contribution in [0.4, 0.5) is 28.4 Å². The maximum Gasteiger partial charge on any atom is 0.471 e. The number of halogens is 15. The van der Waals surface area contributed by atoms with Gasteiger partial charge in [-0.25, -0.2) is 46.2 Å². The fraction of sp³-hybridized carbons (Fsp3) is 0.194. The zero-order chi connectivity index (χ0) is 92.1. The second-order valence-corrected chi connectivity index (χ2v) is 36.6. The van der Waals surface area contributed by atoms with Gasteiger partial charge in [-0.15, -0.1) is 0 Å². The fourth-order valence-corrected chi connectivity index (χ4v) is 14.9. The summed E-state index contributed by atoms with van der Waals surface area (Å²) in [7, 11) is -23.9. The van der Waals surface area contributed by atoms with Gasteiger partial charge >= 0.3 is 39.1 Å². The van der Waals surface area contributed by atoms with E-state index in [9.17, 15) is 46.8 Å². The van der Waals surface area contributed by atoms with E-state index in [4.69, 9.17) is 200 Å². The molecule has 60 heteroatoms. The molecule has 5 aromatic heterocycles. The van der Waals surface area contributed by atoms with E-state index in [1.807, 2.05) is 34.6 Å². The van der Waals surface area contributed by atoms with Crippen LogP contribution in [0.2, 0.25) is 65.9 Å². The van der Waals surface area contributed by atoms with Crippen molar-refractivity contribution in [3.8, 4) is 0 Å². The molecule has 662 valence electrons. The van der Waals surface area contributed by atoms with E-state index in [-0.39, 0.29) is 78.2 Å². The number of aromatic nitrogens is 10. The number of rotatable bonds is 25. The van der Waals surface area contributed by atoms with Gasteiger partial charge in [0.2, 0.25) is 0 Å². The summed E-state index contributed by atoms with van der Waals surface area (Å²) in [5, 5.41) is 31.8. The number of hydrogen-bond donors (Lipinski definition) is 15. The third-order valence-corrected chi connectivity index (χ3v) is 23.2. The lowest BCUT2D eigenvalue weighted by atomic mass is 10.2. The first-order valence-corrected chi connectivity index (χ1v) is 46.5. The van der Waals surface area contributed by atoms with Crippen LogP contribution < -0.4 is 26.6 Å². The number of nitrogens with zero attached hydrogens (tertiary/aromatic N) is 10. The molecule has 0 saturated carbocycles. The highest BCUT2D eigenvalue weighted by atomic mass is 79.9. The van der Waals surface area contributed by atoms with Crippen LogP contribution in [0.15, 0.2) is 99.9 Å². The summed E-state index contributed by atoms with van der Waals surface area (Å²) in [6.07, 6.45) is -2.56. The third-order valence-electron chi connectivity index (χ3n) is 14.4. The van der Waals surface area contributed by atoms with Crippen molar-refractivity contribution in [2.75, 3.05) is 26.6 Å². The van der Waals surface area contributed by atoms with Gasteiger partial charge in [-0.2, -0.15) is 25.5 Å². The van der Waals surface area contributed by atoms with E-state index in [1.54, 1.807) is 91.0 Å². The minimum Gasteiger partial charge on any atom is -0.319 e. The molecule has 40 nitrogen and oxygen atoms in total. The van der Waals surface area contributed by atoms with Crippen molar-refractivity contribution in [2.24, 2.45) is 0 Å². The molecule has 0 bridgehead atoms. The number of phosphoric acid groups is 5. The molecule has 2 unspecified atom stereocenters. The number of phosphoric ester groups is 5. The molecule has 0 aliphatic heterocycles. The Bertz CT molecular complexity index is 5400. The van der Waals surface area contributed by atoms with Gasteiger partial charge in [-0.05, 0) is 169 Å². The maximum absolute atomic E-state index is 12.6. The molecule has 0 radical (unpaired) electrons. The number of benzene rings is 5. The van der Waals surface area contributed by atoms with Gasteiger partial charge in [0.25, 0.3) is 29.5 Å². The molecule has 5 amide bonds. The average molecular weight is 2190 g/mol. The third kappa shape index (κ3) is 31.9. The zero-order valence-electron chi connectivity index (χ0n) is 61.9. The Balaban J connectivity index is 0.000000236. The van der Waals surface area contributed by atoms with Crippen molar-refractivity contribution >= 4 is 280 Å². The Hall–Kier alpha value is -5.22. The van der Waals surface area contributed by atoms with Gasteiger partial charge in [0.05, 0.1) is 62.5 Å². The number of carbonyl (C=O) groups excluding carboxylic acids is 5. The average Bonchev–Trinajstić information content (AvgIpc) is 1.65. The molecule has 2 atom stereocenters. The lowest BCUT2D eigenvalue weighted by Gasteiger charge is -2.17. The number of aryl methyl sites for hydroxylation is 5. The van der Waals surface area contributed by atoms with Crippen LogP contribution in [0, 0.1) is 34.6 Å². The van der Waals surface area contributed by atoms with Gasteiger partial charge in [0.15, 0.2) is 58.4 Å². The van der Waals surface area contributed by atoms with E-state index in [0.29, 0.717) is 53.6 Å². The van der Waals surface area contributed by atoms with Crippen molar-refractivity contribution in [3.05, 3.63) is 222 Å². The number of nitrogens with one attached hydrogen (secondary N) is 5. The minimum absolute atomic E-state index is 0.0653.